The average Bonchev–Trinajstić information content (AvgIpc) is 2.83. The Hall–Kier alpha value is -2.28. The van der Waals surface area contributed by atoms with Crippen molar-refractivity contribution in [3.63, 3.8) is 0 Å². The lowest BCUT2D eigenvalue weighted by atomic mass is 9.85. The minimum absolute atomic E-state index is 0.0589. The molecule has 0 unspecified atom stereocenters. The number of rotatable bonds is 4. The van der Waals surface area contributed by atoms with Crippen LogP contribution in [0.25, 0.3) is 0 Å². The lowest BCUT2D eigenvalue weighted by molar-refractivity contribution is -0.134. The first-order chi connectivity index (χ1) is 13.1. The molecule has 1 aromatic rings. The summed E-state index contributed by atoms with van der Waals surface area (Å²) < 4.78 is 5.35. The van der Waals surface area contributed by atoms with Crippen molar-refractivity contribution in [1.29, 1.82) is 0 Å². The predicted molar refractivity (Wildman–Crippen MR) is 104 cm³/mol. The van der Waals surface area contributed by atoms with E-state index >= 15 is 0 Å². The van der Waals surface area contributed by atoms with E-state index in [2.05, 4.69) is 15.5 Å². The smallest absolute Gasteiger partial charge is 0.317 e. The number of amides is 3. The van der Waals surface area contributed by atoms with Crippen molar-refractivity contribution < 1.29 is 14.3 Å². The quantitative estimate of drug-likeness (QED) is 0.832. The Bertz CT molecular complexity index is 671. The molecular weight excluding hydrogens is 344 g/mol. The molecule has 2 saturated heterocycles. The van der Waals surface area contributed by atoms with Crippen LogP contribution in [0.15, 0.2) is 24.3 Å². The van der Waals surface area contributed by atoms with E-state index in [1.54, 1.807) is 7.11 Å². The van der Waals surface area contributed by atoms with Crippen LogP contribution in [0, 0.1) is 0 Å². The Morgan fingerprint density at radius 1 is 1.26 bits per heavy atom. The Kier molecular flexibility index (Phi) is 6.21. The molecule has 1 aromatic carbocycles. The topological polar surface area (TPSA) is 73.9 Å². The molecule has 0 aromatic heterocycles. The fraction of sp³-hybridized carbons (Fsp3) is 0.600. The normalized spacial score (nSPS) is 20.1. The number of methoxy groups -OCH3 is 1. The van der Waals surface area contributed by atoms with Crippen molar-refractivity contribution in [2.75, 3.05) is 46.9 Å². The monoisotopic (exact) mass is 374 g/mol. The van der Waals surface area contributed by atoms with E-state index in [9.17, 15) is 9.59 Å². The van der Waals surface area contributed by atoms with E-state index in [1.807, 2.05) is 36.2 Å². The summed E-state index contributed by atoms with van der Waals surface area (Å²) in [5.41, 5.74) is 0.611. The SMILES string of the molecule is COc1ccccc1CCNC(=O)N1CCC2(CC1)C(=O)NCCCN2C. The average molecular weight is 374 g/mol. The van der Waals surface area contributed by atoms with Crippen LogP contribution in [0.2, 0.25) is 0 Å². The van der Waals surface area contributed by atoms with Crippen LogP contribution in [0.1, 0.15) is 24.8 Å². The van der Waals surface area contributed by atoms with E-state index in [-0.39, 0.29) is 11.9 Å². The van der Waals surface area contributed by atoms with Crippen molar-refractivity contribution in [2.45, 2.75) is 31.2 Å². The number of para-hydroxylation sites is 1. The molecular formula is C20H30N4O3. The van der Waals surface area contributed by atoms with E-state index in [4.69, 9.17) is 4.74 Å². The van der Waals surface area contributed by atoms with Gasteiger partial charge in [-0.1, -0.05) is 18.2 Å². The van der Waals surface area contributed by atoms with Gasteiger partial charge < -0.3 is 20.3 Å². The van der Waals surface area contributed by atoms with E-state index in [1.165, 1.54) is 0 Å². The number of nitrogens with one attached hydrogen (secondary N) is 2. The van der Waals surface area contributed by atoms with Gasteiger partial charge in [0.15, 0.2) is 0 Å². The van der Waals surface area contributed by atoms with Crippen LogP contribution >= 0.6 is 0 Å². The van der Waals surface area contributed by atoms with Crippen molar-refractivity contribution in [1.82, 2.24) is 20.4 Å². The van der Waals surface area contributed by atoms with Crippen LogP contribution in [0.5, 0.6) is 5.75 Å². The summed E-state index contributed by atoms with van der Waals surface area (Å²) in [5, 5.41) is 6.03. The summed E-state index contributed by atoms with van der Waals surface area (Å²) in [4.78, 5) is 29.1. The Balaban J connectivity index is 1.50. The Morgan fingerprint density at radius 2 is 2.00 bits per heavy atom. The zero-order valence-electron chi connectivity index (χ0n) is 16.3. The zero-order valence-corrected chi connectivity index (χ0v) is 16.3. The third-order valence-corrected chi connectivity index (χ3v) is 5.85. The van der Waals surface area contributed by atoms with Gasteiger partial charge in [-0.25, -0.2) is 4.79 Å². The third kappa shape index (κ3) is 4.18. The standard InChI is InChI=1S/C20H30N4O3/c1-23-13-5-11-21-18(25)20(23)9-14-24(15-10-20)19(26)22-12-8-16-6-3-4-7-17(16)27-2/h3-4,6-7H,5,8-15H2,1-2H3,(H,21,25)(H,22,26). The number of nitrogens with zero attached hydrogens (tertiary/aromatic N) is 2. The van der Waals surface area contributed by atoms with Crippen molar-refractivity contribution in [3.05, 3.63) is 29.8 Å². The van der Waals surface area contributed by atoms with Gasteiger partial charge in [-0.15, -0.1) is 0 Å². The molecule has 0 atom stereocenters. The number of hydrogen-bond donors (Lipinski definition) is 2. The molecule has 2 fully saturated rings. The Labute approximate surface area is 161 Å². The minimum Gasteiger partial charge on any atom is -0.496 e. The first-order valence-corrected chi connectivity index (χ1v) is 9.71. The Morgan fingerprint density at radius 3 is 2.74 bits per heavy atom. The molecule has 2 aliphatic heterocycles. The summed E-state index contributed by atoms with van der Waals surface area (Å²) >= 11 is 0. The number of ether oxygens (including phenoxy) is 1. The molecule has 27 heavy (non-hydrogen) atoms. The second-order valence-electron chi connectivity index (χ2n) is 7.34. The molecule has 7 nitrogen and oxygen atoms in total. The number of likely N-dealkylation sites (tertiary alicyclic amines) is 1. The number of carbonyl (C=O) groups excluding carboxylic acids is 2. The van der Waals surface area contributed by atoms with Gasteiger partial charge >= 0.3 is 6.03 Å². The van der Waals surface area contributed by atoms with E-state index in [0.29, 0.717) is 32.5 Å². The van der Waals surface area contributed by atoms with Crippen LogP contribution in [-0.2, 0) is 11.2 Å². The number of carbonyl (C=O) groups is 2. The maximum Gasteiger partial charge on any atom is 0.317 e. The lowest BCUT2D eigenvalue weighted by Gasteiger charge is -2.44. The van der Waals surface area contributed by atoms with Gasteiger partial charge in [0.05, 0.1) is 7.11 Å². The maximum absolute atomic E-state index is 12.6. The molecule has 3 rings (SSSR count). The highest BCUT2D eigenvalue weighted by atomic mass is 16.5. The first-order valence-electron chi connectivity index (χ1n) is 9.71. The summed E-state index contributed by atoms with van der Waals surface area (Å²) in [5.74, 6) is 0.952. The molecule has 0 radical (unpaired) electrons. The van der Waals surface area contributed by atoms with Crippen molar-refractivity contribution >= 4 is 11.9 Å². The van der Waals surface area contributed by atoms with Gasteiger partial charge in [0.25, 0.3) is 0 Å². The molecule has 148 valence electrons. The molecule has 7 heteroatoms. The van der Waals surface area contributed by atoms with E-state index < -0.39 is 5.54 Å². The third-order valence-electron chi connectivity index (χ3n) is 5.85. The number of piperidine rings is 1. The molecule has 2 N–H and O–H groups in total. The molecule has 0 aliphatic carbocycles. The number of likely N-dealkylation sites (N-methyl/N-ethyl adjacent to an activating group) is 1. The van der Waals surface area contributed by atoms with Crippen LogP contribution in [-0.4, -0.2) is 74.2 Å². The fourth-order valence-electron chi connectivity index (χ4n) is 4.08. The highest BCUT2D eigenvalue weighted by Crippen LogP contribution is 2.30. The minimum atomic E-state index is -0.468. The number of hydrogen-bond acceptors (Lipinski definition) is 4. The fourth-order valence-corrected chi connectivity index (χ4v) is 4.08. The second kappa shape index (κ2) is 8.61. The zero-order chi connectivity index (χ0) is 19.3. The highest BCUT2D eigenvalue weighted by molar-refractivity contribution is 5.87. The van der Waals surface area contributed by atoms with Gasteiger partial charge in [0.2, 0.25) is 5.91 Å². The first kappa shape index (κ1) is 19.5. The maximum atomic E-state index is 12.6. The van der Waals surface area contributed by atoms with Gasteiger partial charge in [-0.05, 0) is 44.4 Å². The summed E-state index contributed by atoms with van der Waals surface area (Å²) in [7, 11) is 3.68. The summed E-state index contributed by atoms with van der Waals surface area (Å²) in [6.45, 7) is 3.39. The highest BCUT2D eigenvalue weighted by Gasteiger charge is 2.46. The molecule has 2 heterocycles. The molecule has 3 amide bonds. The lowest BCUT2D eigenvalue weighted by Crippen LogP contribution is -2.62. The largest absolute Gasteiger partial charge is 0.496 e. The van der Waals surface area contributed by atoms with Crippen molar-refractivity contribution in [2.24, 2.45) is 0 Å². The van der Waals surface area contributed by atoms with Gasteiger partial charge in [-0.3, -0.25) is 9.69 Å². The molecule has 0 saturated carbocycles. The molecule has 1 spiro atoms. The van der Waals surface area contributed by atoms with Gasteiger partial charge in [0, 0.05) is 32.7 Å². The summed E-state index contributed by atoms with van der Waals surface area (Å²) in [6, 6.07) is 7.78. The number of urea groups is 1. The van der Waals surface area contributed by atoms with Gasteiger partial charge in [-0.2, -0.15) is 0 Å². The predicted octanol–water partition coefficient (Wildman–Crippen LogP) is 1.23. The van der Waals surface area contributed by atoms with Crippen LogP contribution in [0.3, 0.4) is 0 Å². The number of benzene rings is 1. The van der Waals surface area contributed by atoms with Gasteiger partial charge in [0.1, 0.15) is 11.3 Å². The molecule has 0 bridgehead atoms. The van der Waals surface area contributed by atoms with E-state index in [0.717, 1.165) is 37.2 Å². The molecule has 2 aliphatic rings. The summed E-state index contributed by atoms with van der Waals surface area (Å²) in [6.07, 6.45) is 3.04. The van der Waals surface area contributed by atoms with Crippen LogP contribution in [0.4, 0.5) is 4.79 Å². The van der Waals surface area contributed by atoms with Crippen LogP contribution < -0.4 is 15.4 Å². The second-order valence-corrected chi connectivity index (χ2v) is 7.34. The van der Waals surface area contributed by atoms with Crippen molar-refractivity contribution in [3.8, 4) is 5.75 Å².